The van der Waals surface area contributed by atoms with E-state index >= 15 is 0 Å². The van der Waals surface area contributed by atoms with Gasteiger partial charge in [-0.3, -0.25) is 9.80 Å². The number of hydrogen-bond acceptors (Lipinski definition) is 3. The summed E-state index contributed by atoms with van der Waals surface area (Å²) in [6.45, 7) is 24.5. The first-order valence-corrected chi connectivity index (χ1v) is 9.69. The highest BCUT2D eigenvalue weighted by atomic mass is 15.2. The Balaban J connectivity index is 4.83. The van der Waals surface area contributed by atoms with Crippen LogP contribution in [0.25, 0.3) is 0 Å². The van der Waals surface area contributed by atoms with Crippen molar-refractivity contribution in [3.63, 3.8) is 0 Å². The highest BCUT2D eigenvalue weighted by Gasteiger charge is 2.33. The molecule has 0 N–H and O–H groups in total. The first-order valence-electron chi connectivity index (χ1n) is 9.69. The van der Waals surface area contributed by atoms with Gasteiger partial charge in [0.2, 0.25) is 0 Å². The summed E-state index contributed by atoms with van der Waals surface area (Å²) < 4.78 is 0. The van der Waals surface area contributed by atoms with Crippen LogP contribution in [0.2, 0.25) is 0 Å². The third-order valence-corrected chi connectivity index (χ3v) is 6.34. The molecule has 0 aromatic rings. The molecule has 0 saturated heterocycles. The smallest absolute Gasteiger partial charge is 0.0167 e. The van der Waals surface area contributed by atoms with Gasteiger partial charge in [-0.05, 0) is 103 Å². The topological polar surface area (TPSA) is 9.72 Å². The Hall–Kier alpha value is -0.120. The lowest BCUT2D eigenvalue weighted by atomic mass is 9.89. The van der Waals surface area contributed by atoms with Gasteiger partial charge in [0.15, 0.2) is 0 Å². The van der Waals surface area contributed by atoms with Crippen molar-refractivity contribution in [1.82, 2.24) is 14.7 Å². The minimum atomic E-state index is 0.200. The lowest BCUT2D eigenvalue weighted by Gasteiger charge is -2.46. The Labute approximate surface area is 153 Å². The minimum Gasteiger partial charge on any atom is -0.301 e. The average Bonchev–Trinajstić information content (AvgIpc) is 2.41. The molecule has 0 bridgehead atoms. The van der Waals surface area contributed by atoms with E-state index in [9.17, 15) is 0 Å². The minimum absolute atomic E-state index is 0.200. The van der Waals surface area contributed by atoms with E-state index < -0.39 is 0 Å². The van der Waals surface area contributed by atoms with Crippen molar-refractivity contribution in [2.45, 2.75) is 111 Å². The molecule has 0 aliphatic heterocycles. The van der Waals surface area contributed by atoms with Crippen LogP contribution in [-0.4, -0.2) is 71.1 Å². The molecule has 3 heteroatoms. The highest BCUT2D eigenvalue weighted by molar-refractivity contribution is 4.90. The van der Waals surface area contributed by atoms with E-state index in [4.69, 9.17) is 0 Å². The average molecular weight is 342 g/mol. The Morgan fingerprint density at radius 2 is 1.17 bits per heavy atom. The molecule has 3 nitrogen and oxygen atoms in total. The van der Waals surface area contributed by atoms with Crippen LogP contribution in [0.15, 0.2) is 0 Å². The molecule has 0 amide bonds. The molecule has 0 aromatic carbocycles. The molecule has 1 unspecified atom stereocenters. The molecule has 0 aliphatic rings. The van der Waals surface area contributed by atoms with Gasteiger partial charge in [-0.2, -0.15) is 0 Å². The molecule has 0 aliphatic carbocycles. The molecule has 0 rings (SSSR count). The molecular weight excluding hydrogens is 294 g/mol. The summed E-state index contributed by atoms with van der Waals surface area (Å²) in [7, 11) is 6.79. The highest BCUT2D eigenvalue weighted by Crippen LogP contribution is 2.28. The first kappa shape index (κ1) is 23.9. The lowest BCUT2D eigenvalue weighted by molar-refractivity contribution is 0.0340. The van der Waals surface area contributed by atoms with Crippen LogP contribution < -0.4 is 0 Å². The van der Waals surface area contributed by atoms with Gasteiger partial charge >= 0.3 is 0 Å². The molecule has 0 spiro atoms. The van der Waals surface area contributed by atoms with E-state index in [1.54, 1.807) is 0 Å². The van der Waals surface area contributed by atoms with Crippen LogP contribution in [0.3, 0.4) is 0 Å². The summed E-state index contributed by atoms with van der Waals surface area (Å²) in [4.78, 5) is 7.54. The molecule has 0 radical (unpaired) electrons. The van der Waals surface area contributed by atoms with Gasteiger partial charge < -0.3 is 4.90 Å². The maximum absolute atomic E-state index is 2.58. The molecule has 0 fully saturated rings. The SMILES string of the molecule is CC(C)N(C)C(C)(C)CC(C)N(C)C(C)(C)CCN(C)C(C)(C)C. The van der Waals surface area contributed by atoms with Gasteiger partial charge in [-0.15, -0.1) is 0 Å². The van der Waals surface area contributed by atoms with Crippen molar-refractivity contribution < 1.29 is 0 Å². The zero-order valence-corrected chi connectivity index (χ0v) is 19.1. The summed E-state index contributed by atoms with van der Waals surface area (Å²) in [6.07, 6.45) is 2.36. The predicted molar refractivity (Wildman–Crippen MR) is 110 cm³/mol. The van der Waals surface area contributed by atoms with E-state index in [-0.39, 0.29) is 16.6 Å². The Bertz CT molecular complexity index is 366. The summed E-state index contributed by atoms with van der Waals surface area (Å²) >= 11 is 0. The summed E-state index contributed by atoms with van der Waals surface area (Å²) in [5.74, 6) is 0. The fraction of sp³-hybridized carbons (Fsp3) is 1.00. The van der Waals surface area contributed by atoms with E-state index in [2.05, 4.69) is 105 Å². The van der Waals surface area contributed by atoms with Crippen molar-refractivity contribution in [1.29, 1.82) is 0 Å². The largest absolute Gasteiger partial charge is 0.301 e. The zero-order chi connectivity index (χ0) is 19.5. The van der Waals surface area contributed by atoms with Crippen LogP contribution in [0, 0.1) is 0 Å². The first-order chi connectivity index (χ1) is 10.5. The maximum atomic E-state index is 2.58. The molecule has 146 valence electrons. The second kappa shape index (κ2) is 8.51. The van der Waals surface area contributed by atoms with Crippen LogP contribution >= 0.6 is 0 Å². The van der Waals surface area contributed by atoms with E-state index in [0.29, 0.717) is 12.1 Å². The number of nitrogens with zero attached hydrogens (tertiary/aromatic N) is 3. The standard InChI is InChI=1S/C21H47N3/c1-17(2)23(12)21(9,10)16-18(3)24(13)20(7,8)14-15-22(11)19(4,5)6/h17-18H,14-16H2,1-13H3. The second-order valence-electron chi connectivity index (χ2n) is 10.3. The Kier molecular flexibility index (Phi) is 8.47. The van der Waals surface area contributed by atoms with E-state index in [1.807, 2.05) is 0 Å². The molecule has 0 aromatic heterocycles. The van der Waals surface area contributed by atoms with Gasteiger partial charge in [0.25, 0.3) is 0 Å². The normalized spacial score (nSPS) is 15.9. The van der Waals surface area contributed by atoms with Gasteiger partial charge in [0.1, 0.15) is 0 Å². The maximum Gasteiger partial charge on any atom is 0.0167 e. The molecule has 1 atom stereocenters. The zero-order valence-electron chi connectivity index (χ0n) is 19.1. The Morgan fingerprint density at radius 1 is 0.708 bits per heavy atom. The summed E-state index contributed by atoms with van der Waals surface area (Å²) in [5, 5.41) is 0. The van der Waals surface area contributed by atoms with Crippen LogP contribution in [-0.2, 0) is 0 Å². The van der Waals surface area contributed by atoms with Crippen LogP contribution in [0.4, 0.5) is 0 Å². The number of rotatable bonds is 9. The molecule has 24 heavy (non-hydrogen) atoms. The third-order valence-electron chi connectivity index (χ3n) is 6.34. The predicted octanol–water partition coefficient (Wildman–Crippen LogP) is 4.71. The molecule has 0 saturated carbocycles. The molecular formula is C21H47N3. The Morgan fingerprint density at radius 3 is 1.54 bits per heavy atom. The van der Waals surface area contributed by atoms with Crippen molar-refractivity contribution in [2.75, 3.05) is 27.7 Å². The molecule has 0 heterocycles. The van der Waals surface area contributed by atoms with Crippen LogP contribution in [0.1, 0.15) is 82.1 Å². The van der Waals surface area contributed by atoms with Gasteiger partial charge in [0, 0.05) is 35.2 Å². The van der Waals surface area contributed by atoms with Crippen molar-refractivity contribution in [2.24, 2.45) is 0 Å². The van der Waals surface area contributed by atoms with Crippen molar-refractivity contribution in [3.05, 3.63) is 0 Å². The van der Waals surface area contributed by atoms with Crippen molar-refractivity contribution >= 4 is 0 Å². The fourth-order valence-corrected chi connectivity index (χ4v) is 3.25. The fourth-order valence-electron chi connectivity index (χ4n) is 3.25. The van der Waals surface area contributed by atoms with Crippen LogP contribution in [0.5, 0.6) is 0 Å². The van der Waals surface area contributed by atoms with E-state index in [1.165, 1.54) is 12.8 Å². The van der Waals surface area contributed by atoms with Gasteiger partial charge in [-0.25, -0.2) is 0 Å². The summed E-state index contributed by atoms with van der Waals surface area (Å²) in [5.41, 5.74) is 0.647. The number of hydrogen-bond donors (Lipinski definition) is 0. The monoisotopic (exact) mass is 341 g/mol. The lowest BCUT2D eigenvalue weighted by Crippen LogP contribution is -2.53. The van der Waals surface area contributed by atoms with Gasteiger partial charge in [-0.1, -0.05) is 0 Å². The third kappa shape index (κ3) is 7.01. The summed E-state index contributed by atoms with van der Waals surface area (Å²) in [6, 6.07) is 1.13. The van der Waals surface area contributed by atoms with Gasteiger partial charge in [0.05, 0.1) is 0 Å². The second-order valence-corrected chi connectivity index (χ2v) is 10.3. The van der Waals surface area contributed by atoms with Crippen molar-refractivity contribution in [3.8, 4) is 0 Å². The van der Waals surface area contributed by atoms with E-state index in [0.717, 1.165) is 6.54 Å². The quantitative estimate of drug-likeness (QED) is 0.601.